The van der Waals surface area contributed by atoms with E-state index in [1.54, 1.807) is 13.8 Å². The molecular weight excluding hydrogens is 141 g/mol. The molecule has 0 spiro atoms. The smallest absolute Gasteiger partial charge is 0.178 e. The second-order valence-corrected chi connectivity index (χ2v) is 3.31. The van der Waals surface area contributed by atoms with Crippen LogP contribution in [0.25, 0.3) is 0 Å². The fourth-order valence-electron chi connectivity index (χ4n) is 0.603. The Morgan fingerprint density at radius 1 is 1.11 bits per heavy atom. The molecule has 0 aromatic carbocycles. The summed E-state index contributed by atoms with van der Waals surface area (Å²) in [5, 5.41) is 0. The summed E-state index contributed by atoms with van der Waals surface area (Å²) in [6.45, 7) is 4.41. The van der Waals surface area contributed by atoms with Crippen LogP contribution in [-0.2, 0) is 0 Å². The van der Waals surface area contributed by atoms with E-state index in [1.807, 2.05) is 0 Å². The molecule has 9 heavy (non-hydrogen) atoms. The second-order valence-electron chi connectivity index (χ2n) is 1.68. The lowest BCUT2D eigenvalue weighted by molar-refractivity contribution is 0.239. The first-order valence-electron chi connectivity index (χ1n) is 2.85. The minimum absolute atomic E-state index is 0.452. The largest absolute Gasteiger partial charge is 0.496 e. The van der Waals surface area contributed by atoms with Crippen LogP contribution in [0.4, 0.5) is 0 Å². The van der Waals surface area contributed by atoms with E-state index in [1.165, 1.54) is 4.67 Å². The summed E-state index contributed by atoms with van der Waals surface area (Å²) in [5.74, 6) is 0. The summed E-state index contributed by atoms with van der Waals surface area (Å²) in [6, 6.07) is 0. The molecule has 0 rings (SSSR count). The van der Waals surface area contributed by atoms with Crippen molar-refractivity contribution in [3.63, 3.8) is 0 Å². The van der Waals surface area contributed by atoms with Gasteiger partial charge >= 0.3 is 8.09 Å². The van der Waals surface area contributed by atoms with Crippen LogP contribution in [0, 0.1) is 0 Å². The molecule has 0 fully saturated rings. The van der Waals surface area contributed by atoms with Gasteiger partial charge in [0, 0.05) is 13.1 Å². The van der Waals surface area contributed by atoms with Gasteiger partial charge < -0.3 is 0 Å². The van der Waals surface area contributed by atoms with Gasteiger partial charge in [0.1, 0.15) is 0 Å². The number of rotatable bonds is 3. The third kappa shape index (κ3) is 3.08. The molecular formula is C4H13NO3P+. The predicted molar refractivity (Wildman–Crippen MR) is 36.5 cm³/mol. The van der Waals surface area contributed by atoms with Gasteiger partial charge in [0.2, 0.25) is 0 Å². The van der Waals surface area contributed by atoms with Crippen molar-refractivity contribution in [1.82, 2.24) is 4.67 Å². The maximum absolute atomic E-state index is 8.63. The minimum atomic E-state index is -3.69. The van der Waals surface area contributed by atoms with Crippen molar-refractivity contribution < 1.29 is 14.7 Å². The highest BCUT2D eigenvalue weighted by Gasteiger charge is 2.37. The first-order valence-corrected chi connectivity index (χ1v) is 4.45. The van der Waals surface area contributed by atoms with E-state index < -0.39 is 8.09 Å². The lowest BCUT2D eigenvalue weighted by atomic mass is 10.7. The molecule has 0 heterocycles. The molecule has 0 unspecified atom stereocenters. The number of nitrogens with zero attached hydrogens (tertiary/aromatic N) is 1. The fourth-order valence-corrected chi connectivity index (χ4v) is 1.36. The number of hydrogen-bond donors (Lipinski definition) is 3. The molecule has 0 aromatic heterocycles. The van der Waals surface area contributed by atoms with Gasteiger partial charge in [-0.15, -0.1) is 4.67 Å². The van der Waals surface area contributed by atoms with Crippen LogP contribution in [0.2, 0.25) is 0 Å². The molecule has 56 valence electrons. The van der Waals surface area contributed by atoms with Crippen molar-refractivity contribution in [3.05, 3.63) is 0 Å². The predicted octanol–water partition coefficient (Wildman–Crippen LogP) is -0.0173. The highest BCUT2D eigenvalue weighted by atomic mass is 31.2. The van der Waals surface area contributed by atoms with Gasteiger partial charge in [0.05, 0.1) is 0 Å². The van der Waals surface area contributed by atoms with Gasteiger partial charge in [0.15, 0.2) is 0 Å². The molecule has 0 aliphatic heterocycles. The van der Waals surface area contributed by atoms with Crippen molar-refractivity contribution in [2.75, 3.05) is 13.1 Å². The Hall–Kier alpha value is 0.270. The number of hydrogen-bond acceptors (Lipinski definition) is 4. The van der Waals surface area contributed by atoms with Gasteiger partial charge in [-0.05, 0) is 13.8 Å². The summed E-state index contributed by atoms with van der Waals surface area (Å²) < 4.78 is 1.22. The molecule has 0 atom stereocenters. The third-order valence-electron chi connectivity index (χ3n) is 1.11. The molecule has 3 N–H and O–H groups in total. The summed E-state index contributed by atoms with van der Waals surface area (Å²) >= 11 is 0. The van der Waals surface area contributed by atoms with Gasteiger partial charge in [-0.2, -0.15) is 14.7 Å². The normalized spacial score (nSPS) is 12.7. The third-order valence-corrected chi connectivity index (χ3v) is 2.43. The molecule has 4 nitrogen and oxygen atoms in total. The fraction of sp³-hybridized carbons (Fsp3) is 1.00. The van der Waals surface area contributed by atoms with Crippen LogP contribution in [0.15, 0.2) is 0 Å². The van der Waals surface area contributed by atoms with E-state index in [4.69, 9.17) is 14.7 Å². The summed E-state index contributed by atoms with van der Waals surface area (Å²) in [7, 11) is -3.69. The van der Waals surface area contributed by atoms with E-state index >= 15 is 0 Å². The highest BCUT2D eigenvalue weighted by molar-refractivity contribution is 7.56. The molecule has 0 aromatic rings. The van der Waals surface area contributed by atoms with E-state index in [0.29, 0.717) is 13.1 Å². The molecule has 0 aliphatic carbocycles. The van der Waals surface area contributed by atoms with Crippen LogP contribution in [0.1, 0.15) is 13.8 Å². The van der Waals surface area contributed by atoms with Crippen molar-refractivity contribution >= 4 is 8.09 Å². The molecule has 0 amide bonds. The first kappa shape index (κ1) is 9.27. The monoisotopic (exact) mass is 154 g/mol. The van der Waals surface area contributed by atoms with E-state index in [9.17, 15) is 0 Å². The molecule has 0 saturated carbocycles. The summed E-state index contributed by atoms with van der Waals surface area (Å²) in [5.41, 5.74) is 0. The maximum atomic E-state index is 8.63. The Labute approximate surface area is 55.4 Å². The highest BCUT2D eigenvalue weighted by Crippen LogP contribution is 2.48. The standard InChI is InChI=1S/C4H13NO3P/c1-3-5(4-2)9(6,7)8/h6-8H,3-4H2,1-2H3/q+1. The van der Waals surface area contributed by atoms with Gasteiger partial charge in [-0.25, -0.2) is 0 Å². The zero-order valence-electron chi connectivity index (χ0n) is 5.65. The Morgan fingerprint density at radius 2 is 1.44 bits per heavy atom. The van der Waals surface area contributed by atoms with E-state index in [0.717, 1.165) is 0 Å². The Balaban J connectivity index is 3.79. The average molecular weight is 154 g/mol. The molecule has 5 heteroatoms. The Morgan fingerprint density at radius 3 is 1.44 bits per heavy atom. The average Bonchev–Trinajstić information content (AvgIpc) is 1.65. The molecule has 0 bridgehead atoms. The maximum Gasteiger partial charge on any atom is 0.496 e. The lowest BCUT2D eigenvalue weighted by Crippen LogP contribution is -2.22. The van der Waals surface area contributed by atoms with Crippen LogP contribution in [-0.4, -0.2) is 32.4 Å². The van der Waals surface area contributed by atoms with Crippen LogP contribution in [0.5, 0.6) is 0 Å². The van der Waals surface area contributed by atoms with Crippen LogP contribution >= 0.6 is 8.09 Å². The second kappa shape index (κ2) is 3.44. The molecule has 0 saturated heterocycles. The zero-order chi connectivity index (χ0) is 7.49. The quantitative estimate of drug-likeness (QED) is 0.500. The lowest BCUT2D eigenvalue weighted by Gasteiger charge is -2.15. The van der Waals surface area contributed by atoms with Gasteiger partial charge in [-0.3, -0.25) is 0 Å². The molecule has 0 radical (unpaired) electrons. The topological polar surface area (TPSA) is 63.9 Å². The SMILES string of the molecule is CCN(CC)[P+](O)(O)O. The van der Waals surface area contributed by atoms with Crippen molar-refractivity contribution in [3.8, 4) is 0 Å². The van der Waals surface area contributed by atoms with Crippen molar-refractivity contribution in [2.45, 2.75) is 13.8 Å². The summed E-state index contributed by atoms with van der Waals surface area (Å²) in [4.78, 5) is 25.9. The van der Waals surface area contributed by atoms with Crippen LogP contribution < -0.4 is 0 Å². The first-order chi connectivity index (χ1) is 4.02. The van der Waals surface area contributed by atoms with Crippen LogP contribution in [0.3, 0.4) is 0 Å². The summed E-state index contributed by atoms with van der Waals surface area (Å²) in [6.07, 6.45) is 0. The minimum Gasteiger partial charge on any atom is -0.178 e. The van der Waals surface area contributed by atoms with Crippen molar-refractivity contribution in [2.24, 2.45) is 0 Å². The Bertz CT molecular complexity index is 78.4. The van der Waals surface area contributed by atoms with E-state index in [2.05, 4.69) is 0 Å². The molecule has 0 aliphatic rings. The van der Waals surface area contributed by atoms with Gasteiger partial charge in [0.25, 0.3) is 0 Å². The zero-order valence-corrected chi connectivity index (χ0v) is 6.54. The van der Waals surface area contributed by atoms with E-state index in [-0.39, 0.29) is 0 Å². The van der Waals surface area contributed by atoms with Gasteiger partial charge in [-0.1, -0.05) is 0 Å². The van der Waals surface area contributed by atoms with Crippen molar-refractivity contribution in [1.29, 1.82) is 0 Å². The Kier molecular flexibility index (Phi) is 3.54.